The number of carboxylic acid groups (broad SMARTS) is 1. The first-order valence-corrected chi connectivity index (χ1v) is 7.01. The molecule has 2 unspecified atom stereocenters. The zero-order valence-electron chi connectivity index (χ0n) is 10.1. The molecule has 7 nitrogen and oxygen atoms in total. The van der Waals surface area contributed by atoms with E-state index in [4.69, 9.17) is 5.11 Å². The molecule has 2 rings (SSSR count). The van der Waals surface area contributed by atoms with Crippen LogP contribution < -0.4 is 0 Å². The molecule has 2 atom stereocenters. The minimum atomic E-state index is -3.78. The molecule has 1 fully saturated rings. The van der Waals surface area contributed by atoms with Gasteiger partial charge in [-0.15, -0.1) is 0 Å². The molecular weight excluding hydrogens is 258 g/mol. The van der Waals surface area contributed by atoms with Crippen molar-refractivity contribution in [2.45, 2.75) is 24.3 Å². The highest BCUT2D eigenvalue weighted by molar-refractivity contribution is 7.89. The molecule has 0 amide bonds. The summed E-state index contributed by atoms with van der Waals surface area (Å²) in [4.78, 5) is 11.2. The molecule has 0 spiro atoms. The van der Waals surface area contributed by atoms with Crippen LogP contribution in [0.3, 0.4) is 0 Å². The number of hydrogen-bond acceptors (Lipinski definition) is 4. The second-order valence-corrected chi connectivity index (χ2v) is 6.41. The van der Waals surface area contributed by atoms with Crippen LogP contribution in [0.25, 0.3) is 0 Å². The largest absolute Gasteiger partial charge is 0.480 e. The molecule has 0 saturated carbocycles. The molecule has 1 N–H and O–H groups in total. The summed E-state index contributed by atoms with van der Waals surface area (Å²) in [6.07, 6.45) is 3.16. The summed E-state index contributed by atoms with van der Waals surface area (Å²) in [6, 6.07) is -0.991. The van der Waals surface area contributed by atoms with Gasteiger partial charge >= 0.3 is 5.97 Å². The van der Waals surface area contributed by atoms with Gasteiger partial charge in [-0.05, 0) is 12.3 Å². The highest BCUT2D eigenvalue weighted by Crippen LogP contribution is 2.29. The Bertz CT molecular complexity index is 565. The second-order valence-electron chi connectivity index (χ2n) is 4.51. The molecule has 8 heteroatoms. The lowest BCUT2D eigenvalue weighted by atomic mass is 10.0. The van der Waals surface area contributed by atoms with E-state index < -0.39 is 22.0 Å². The van der Waals surface area contributed by atoms with Crippen molar-refractivity contribution in [3.8, 4) is 0 Å². The third kappa shape index (κ3) is 2.01. The number of hydrogen-bond donors (Lipinski definition) is 1. The SMILES string of the molecule is CC1CCN(S(=O)(=O)c2cnn(C)c2)C1C(=O)O. The molecule has 0 bridgehead atoms. The van der Waals surface area contributed by atoms with E-state index in [1.165, 1.54) is 17.1 Å². The van der Waals surface area contributed by atoms with E-state index in [0.29, 0.717) is 6.42 Å². The Hall–Kier alpha value is -1.41. The third-order valence-electron chi connectivity index (χ3n) is 3.19. The van der Waals surface area contributed by atoms with E-state index in [0.717, 1.165) is 4.31 Å². The Kier molecular flexibility index (Phi) is 3.16. The molecule has 2 heterocycles. The summed E-state index contributed by atoms with van der Waals surface area (Å²) < 4.78 is 27.1. The maximum Gasteiger partial charge on any atom is 0.322 e. The van der Waals surface area contributed by atoms with Crippen molar-refractivity contribution >= 4 is 16.0 Å². The molecular formula is C10H15N3O4S. The molecule has 1 aliphatic heterocycles. The molecule has 1 aliphatic rings. The van der Waals surface area contributed by atoms with E-state index in [1.54, 1.807) is 14.0 Å². The predicted octanol–water partition coefficient (Wildman–Crippen LogP) is -0.0962. The standard InChI is InChI=1S/C10H15N3O4S/c1-7-3-4-13(9(7)10(14)15)18(16,17)8-5-11-12(2)6-8/h5-7,9H,3-4H2,1-2H3,(H,14,15). The lowest BCUT2D eigenvalue weighted by molar-refractivity contribution is -0.141. The number of aryl methyl sites for hydroxylation is 1. The Morgan fingerprint density at radius 1 is 1.56 bits per heavy atom. The molecule has 1 aromatic heterocycles. The van der Waals surface area contributed by atoms with Crippen LogP contribution in [-0.4, -0.2) is 46.2 Å². The van der Waals surface area contributed by atoms with Gasteiger partial charge in [0.2, 0.25) is 10.0 Å². The van der Waals surface area contributed by atoms with E-state index in [2.05, 4.69) is 5.10 Å². The fraction of sp³-hybridized carbons (Fsp3) is 0.600. The topological polar surface area (TPSA) is 92.5 Å². The summed E-state index contributed by atoms with van der Waals surface area (Å²) in [5, 5.41) is 12.9. The van der Waals surface area contributed by atoms with E-state index >= 15 is 0 Å². The van der Waals surface area contributed by atoms with Gasteiger partial charge in [-0.2, -0.15) is 9.40 Å². The van der Waals surface area contributed by atoms with Gasteiger partial charge in [0.15, 0.2) is 0 Å². The van der Waals surface area contributed by atoms with Gasteiger partial charge in [0.05, 0.1) is 6.20 Å². The van der Waals surface area contributed by atoms with E-state index in [-0.39, 0.29) is 17.4 Å². The van der Waals surface area contributed by atoms with Crippen molar-refractivity contribution in [3.05, 3.63) is 12.4 Å². The lowest BCUT2D eigenvalue weighted by Gasteiger charge is -2.21. The van der Waals surface area contributed by atoms with Crippen LogP contribution in [0.15, 0.2) is 17.3 Å². The summed E-state index contributed by atoms with van der Waals surface area (Å²) in [5.41, 5.74) is 0. The molecule has 0 aromatic carbocycles. The van der Waals surface area contributed by atoms with Crippen LogP contribution in [0.2, 0.25) is 0 Å². The smallest absolute Gasteiger partial charge is 0.322 e. The molecule has 1 aromatic rings. The van der Waals surface area contributed by atoms with Gasteiger partial charge < -0.3 is 5.11 Å². The minimum Gasteiger partial charge on any atom is -0.480 e. The van der Waals surface area contributed by atoms with Gasteiger partial charge in [0, 0.05) is 19.8 Å². The quantitative estimate of drug-likeness (QED) is 0.830. The van der Waals surface area contributed by atoms with Crippen molar-refractivity contribution in [2.24, 2.45) is 13.0 Å². The van der Waals surface area contributed by atoms with Gasteiger partial charge in [-0.3, -0.25) is 9.48 Å². The molecule has 1 saturated heterocycles. The van der Waals surface area contributed by atoms with Gasteiger partial charge in [0.1, 0.15) is 10.9 Å². The maximum absolute atomic E-state index is 12.3. The summed E-state index contributed by atoms with van der Waals surface area (Å²) in [5.74, 6) is -1.29. The molecule has 0 radical (unpaired) electrons. The second kappa shape index (κ2) is 4.36. The van der Waals surface area contributed by atoms with Crippen LogP contribution >= 0.6 is 0 Å². The third-order valence-corrected chi connectivity index (χ3v) is 5.03. The summed E-state index contributed by atoms with van der Waals surface area (Å²) in [6.45, 7) is 1.98. The predicted molar refractivity (Wildman–Crippen MR) is 62.3 cm³/mol. The number of nitrogens with zero attached hydrogens (tertiary/aromatic N) is 3. The van der Waals surface area contributed by atoms with Crippen molar-refractivity contribution in [1.82, 2.24) is 14.1 Å². The molecule has 0 aliphatic carbocycles. The fourth-order valence-electron chi connectivity index (χ4n) is 2.22. The maximum atomic E-state index is 12.3. The zero-order valence-corrected chi connectivity index (χ0v) is 11.0. The Morgan fingerprint density at radius 2 is 2.22 bits per heavy atom. The fourth-order valence-corrected chi connectivity index (χ4v) is 3.89. The van der Waals surface area contributed by atoms with Crippen LogP contribution in [0, 0.1) is 5.92 Å². The number of carboxylic acids is 1. The number of sulfonamides is 1. The van der Waals surface area contributed by atoms with Crippen LogP contribution in [0.1, 0.15) is 13.3 Å². The zero-order chi connectivity index (χ0) is 13.5. The van der Waals surface area contributed by atoms with Crippen molar-refractivity contribution < 1.29 is 18.3 Å². The molecule has 18 heavy (non-hydrogen) atoms. The van der Waals surface area contributed by atoms with Gasteiger partial charge in [-0.25, -0.2) is 8.42 Å². The van der Waals surface area contributed by atoms with Gasteiger partial charge in [0.25, 0.3) is 0 Å². The van der Waals surface area contributed by atoms with E-state index in [1.807, 2.05) is 0 Å². The first kappa shape index (κ1) is 13.0. The molecule has 100 valence electrons. The number of aliphatic carboxylic acids is 1. The highest BCUT2D eigenvalue weighted by Gasteiger charge is 2.44. The number of aromatic nitrogens is 2. The summed E-state index contributed by atoms with van der Waals surface area (Å²) in [7, 11) is -2.16. The normalized spacial score (nSPS) is 25.4. The first-order chi connectivity index (χ1) is 8.34. The highest BCUT2D eigenvalue weighted by atomic mass is 32.2. The van der Waals surface area contributed by atoms with Crippen molar-refractivity contribution in [3.63, 3.8) is 0 Å². The average Bonchev–Trinajstić information content (AvgIpc) is 2.84. The Morgan fingerprint density at radius 3 is 2.72 bits per heavy atom. The van der Waals surface area contributed by atoms with Crippen molar-refractivity contribution in [1.29, 1.82) is 0 Å². The van der Waals surface area contributed by atoms with E-state index in [9.17, 15) is 13.2 Å². The van der Waals surface area contributed by atoms with Crippen LogP contribution in [-0.2, 0) is 21.9 Å². The van der Waals surface area contributed by atoms with Crippen LogP contribution in [0.4, 0.5) is 0 Å². The monoisotopic (exact) mass is 273 g/mol. The van der Waals surface area contributed by atoms with Crippen molar-refractivity contribution in [2.75, 3.05) is 6.54 Å². The Balaban J connectivity index is 2.39. The lowest BCUT2D eigenvalue weighted by Crippen LogP contribution is -2.42. The first-order valence-electron chi connectivity index (χ1n) is 5.57. The number of carbonyl (C=O) groups is 1. The number of rotatable bonds is 3. The summed E-state index contributed by atoms with van der Waals surface area (Å²) >= 11 is 0. The Labute approximate surface area is 105 Å². The minimum absolute atomic E-state index is 0.0327. The van der Waals surface area contributed by atoms with Gasteiger partial charge in [-0.1, -0.05) is 6.92 Å². The average molecular weight is 273 g/mol. The van der Waals surface area contributed by atoms with Crippen LogP contribution in [0.5, 0.6) is 0 Å².